The highest BCUT2D eigenvalue weighted by molar-refractivity contribution is 4.86. The molecule has 22 heavy (non-hydrogen) atoms. The number of aliphatic hydroxyl groups excluding tert-OH is 8. The van der Waals surface area contributed by atoms with Gasteiger partial charge in [0.15, 0.2) is 12.6 Å². The zero-order valence-electron chi connectivity index (χ0n) is 12.2. The molecule has 132 valence electrons. The molecule has 0 saturated carbocycles. The maximum absolute atomic E-state index is 9.09. The Labute approximate surface area is 126 Å². The highest BCUT2D eigenvalue weighted by atomic mass is 16.6. The van der Waals surface area contributed by atoms with Crippen molar-refractivity contribution < 1.29 is 50.3 Å². The minimum atomic E-state index is -1.43. The van der Waals surface area contributed by atoms with Gasteiger partial charge in [-0.2, -0.15) is 0 Å². The zero-order chi connectivity index (χ0) is 17.2. The van der Waals surface area contributed by atoms with Crippen molar-refractivity contribution in [3.05, 3.63) is 0 Å². The van der Waals surface area contributed by atoms with Crippen LogP contribution in [0.25, 0.3) is 0 Å². The van der Waals surface area contributed by atoms with Gasteiger partial charge in [0, 0.05) is 0 Å². The second-order valence-corrected chi connectivity index (χ2v) is 5.41. The van der Waals surface area contributed by atoms with Crippen LogP contribution in [0.4, 0.5) is 0 Å². The summed E-state index contributed by atoms with van der Waals surface area (Å²) in [4.78, 5) is 0. The Morgan fingerprint density at radius 2 is 0.727 bits per heavy atom. The number of ether oxygens (including phenoxy) is 2. The van der Waals surface area contributed by atoms with E-state index < -0.39 is 61.4 Å². The van der Waals surface area contributed by atoms with Crippen molar-refractivity contribution in [3.63, 3.8) is 0 Å². The van der Waals surface area contributed by atoms with E-state index in [1.807, 2.05) is 0 Å². The van der Waals surface area contributed by atoms with E-state index >= 15 is 0 Å². The van der Waals surface area contributed by atoms with Gasteiger partial charge in [-0.05, 0) is 13.8 Å². The molecule has 2 aliphatic heterocycles. The highest BCUT2D eigenvalue weighted by Crippen LogP contribution is 2.19. The molecule has 0 aliphatic carbocycles. The quantitative estimate of drug-likeness (QED) is 0.216. The van der Waals surface area contributed by atoms with Crippen LogP contribution in [0.15, 0.2) is 0 Å². The third kappa shape index (κ3) is 4.32. The lowest BCUT2D eigenvalue weighted by Gasteiger charge is -2.36. The first kappa shape index (κ1) is 19.6. The van der Waals surface area contributed by atoms with Crippen molar-refractivity contribution in [2.45, 2.75) is 75.3 Å². The van der Waals surface area contributed by atoms with Crippen molar-refractivity contribution in [2.24, 2.45) is 0 Å². The summed E-state index contributed by atoms with van der Waals surface area (Å²) in [6.45, 7) is 3.01. The first-order valence-electron chi connectivity index (χ1n) is 6.83. The Kier molecular flexibility index (Phi) is 7.08. The number of aliphatic hydroxyl groups is 8. The predicted octanol–water partition coefficient (Wildman–Crippen LogP) is -4.39. The molecule has 0 radical (unpaired) electrons. The maximum Gasteiger partial charge on any atom is 0.183 e. The number of rotatable bonds is 0. The van der Waals surface area contributed by atoms with Crippen LogP contribution in [0.5, 0.6) is 0 Å². The van der Waals surface area contributed by atoms with Crippen molar-refractivity contribution in [1.29, 1.82) is 0 Å². The largest absolute Gasteiger partial charge is 0.388 e. The summed E-state index contributed by atoms with van der Waals surface area (Å²) in [5.41, 5.74) is 0. The van der Waals surface area contributed by atoms with Crippen LogP contribution in [-0.2, 0) is 9.47 Å². The van der Waals surface area contributed by atoms with Gasteiger partial charge < -0.3 is 50.3 Å². The Morgan fingerprint density at radius 3 is 1.00 bits per heavy atom. The second kappa shape index (κ2) is 7.93. The van der Waals surface area contributed by atoms with Crippen LogP contribution in [0, 0.1) is 0 Å². The summed E-state index contributed by atoms with van der Waals surface area (Å²) in [6.07, 6.45) is -12.0. The van der Waals surface area contributed by atoms with Gasteiger partial charge >= 0.3 is 0 Å². The van der Waals surface area contributed by atoms with Gasteiger partial charge in [0.2, 0.25) is 0 Å². The lowest BCUT2D eigenvalue weighted by atomic mass is 10.0. The Morgan fingerprint density at radius 1 is 0.455 bits per heavy atom. The standard InChI is InChI=1S/2C6H12O5/c2*1-2-3(7)4(8)5(9)6(10)11-2/h2*2-10H,1H3/t2*2-,3-,4+,5+,6?/m00/s1. The van der Waals surface area contributed by atoms with Crippen LogP contribution >= 0.6 is 0 Å². The summed E-state index contributed by atoms with van der Waals surface area (Å²) < 4.78 is 9.35. The van der Waals surface area contributed by atoms with Crippen molar-refractivity contribution in [1.82, 2.24) is 0 Å². The normalized spacial score (nSPS) is 52.6. The molecule has 10 atom stereocenters. The molecule has 2 saturated heterocycles. The van der Waals surface area contributed by atoms with E-state index in [1.54, 1.807) is 0 Å². The fourth-order valence-electron chi connectivity index (χ4n) is 2.06. The van der Waals surface area contributed by atoms with Crippen LogP contribution in [0.2, 0.25) is 0 Å². The smallest absolute Gasteiger partial charge is 0.183 e. The average Bonchev–Trinajstić information content (AvgIpc) is 2.47. The number of hydrogen-bond acceptors (Lipinski definition) is 10. The molecule has 2 fully saturated rings. The molecule has 0 spiro atoms. The molecular weight excluding hydrogens is 304 g/mol. The minimum Gasteiger partial charge on any atom is -0.388 e. The van der Waals surface area contributed by atoms with Gasteiger partial charge in [0.25, 0.3) is 0 Å². The van der Waals surface area contributed by atoms with E-state index in [1.165, 1.54) is 13.8 Å². The van der Waals surface area contributed by atoms with Gasteiger partial charge in [-0.3, -0.25) is 0 Å². The maximum atomic E-state index is 9.09. The van der Waals surface area contributed by atoms with E-state index in [2.05, 4.69) is 9.47 Å². The van der Waals surface area contributed by atoms with E-state index in [9.17, 15) is 0 Å². The van der Waals surface area contributed by atoms with Crippen molar-refractivity contribution in [3.8, 4) is 0 Å². The second-order valence-electron chi connectivity index (χ2n) is 5.41. The fraction of sp³-hybridized carbons (Fsp3) is 1.00. The predicted molar refractivity (Wildman–Crippen MR) is 69.1 cm³/mol. The van der Waals surface area contributed by atoms with E-state index in [-0.39, 0.29) is 0 Å². The van der Waals surface area contributed by atoms with Crippen molar-refractivity contribution >= 4 is 0 Å². The Balaban J connectivity index is 0.000000220. The van der Waals surface area contributed by atoms with Crippen LogP contribution in [0.3, 0.4) is 0 Å². The van der Waals surface area contributed by atoms with Gasteiger partial charge in [0.1, 0.15) is 36.6 Å². The summed E-state index contributed by atoms with van der Waals surface area (Å²) in [7, 11) is 0. The molecule has 2 heterocycles. The summed E-state index contributed by atoms with van der Waals surface area (Å²) in [6, 6.07) is 0. The van der Waals surface area contributed by atoms with Crippen LogP contribution < -0.4 is 0 Å². The minimum absolute atomic E-state index is 0.664. The first-order valence-corrected chi connectivity index (χ1v) is 6.83. The molecule has 8 N–H and O–H groups in total. The van der Waals surface area contributed by atoms with Crippen molar-refractivity contribution in [2.75, 3.05) is 0 Å². The van der Waals surface area contributed by atoms with E-state index in [0.29, 0.717) is 0 Å². The molecule has 10 nitrogen and oxygen atoms in total. The fourth-order valence-corrected chi connectivity index (χ4v) is 2.06. The molecular formula is C12H24O10. The van der Waals surface area contributed by atoms with Gasteiger partial charge in [0.05, 0.1) is 12.2 Å². The number of hydrogen-bond donors (Lipinski definition) is 8. The van der Waals surface area contributed by atoms with E-state index in [0.717, 1.165) is 0 Å². The first-order chi connectivity index (χ1) is 10.1. The van der Waals surface area contributed by atoms with Gasteiger partial charge in [-0.1, -0.05) is 0 Å². The summed E-state index contributed by atoms with van der Waals surface area (Å²) in [5.74, 6) is 0. The summed E-state index contributed by atoms with van der Waals surface area (Å²) >= 11 is 0. The Bertz CT molecular complexity index is 282. The summed E-state index contributed by atoms with van der Waals surface area (Å²) in [5, 5.41) is 72.0. The lowest BCUT2D eigenvalue weighted by molar-refractivity contribution is -0.277. The molecule has 0 amide bonds. The lowest BCUT2D eigenvalue weighted by Crippen LogP contribution is -2.56. The molecule has 10 heteroatoms. The average molecular weight is 328 g/mol. The molecule has 2 aliphatic rings. The van der Waals surface area contributed by atoms with Crippen LogP contribution in [0.1, 0.15) is 13.8 Å². The monoisotopic (exact) mass is 328 g/mol. The van der Waals surface area contributed by atoms with Gasteiger partial charge in [-0.25, -0.2) is 0 Å². The molecule has 0 aromatic carbocycles. The molecule has 2 rings (SSSR count). The Hall–Kier alpha value is -0.400. The SMILES string of the molecule is C[C@@H]1OC(O)[C@H](O)[C@H](O)[C@H]1O.C[C@@H]1OC(O)[C@H](O)[C@H](O)[C@H]1O. The third-order valence-electron chi connectivity index (χ3n) is 3.65. The van der Waals surface area contributed by atoms with E-state index in [4.69, 9.17) is 40.9 Å². The molecule has 2 unspecified atom stereocenters. The van der Waals surface area contributed by atoms with Gasteiger partial charge in [-0.15, -0.1) is 0 Å². The van der Waals surface area contributed by atoms with Crippen LogP contribution in [-0.4, -0.2) is 102 Å². The molecule has 0 bridgehead atoms. The topological polar surface area (TPSA) is 180 Å². The molecule has 0 aromatic heterocycles. The third-order valence-corrected chi connectivity index (χ3v) is 3.65. The molecule has 0 aromatic rings. The highest BCUT2D eigenvalue weighted by Gasteiger charge is 2.41. The zero-order valence-corrected chi connectivity index (χ0v) is 12.2.